The fraction of sp³-hybridized carbons (Fsp3) is 0.571. The van der Waals surface area contributed by atoms with E-state index in [1.807, 2.05) is 18.2 Å². The van der Waals surface area contributed by atoms with E-state index in [2.05, 4.69) is 15.9 Å². The molecule has 100 valence electrons. The first-order chi connectivity index (χ1) is 8.79. The molecule has 1 saturated heterocycles. The Morgan fingerprint density at radius 3 is 3.00 bits per heavy atom. The summed E-state index contributed by atoms with van der Waals surface area (Å²) in [5, 5.41) is 0. The molecule has 0 bridgehead atoms. The minimum absolute atomic E-state index is 0.454. The van der Waals surface area contributed by atoms with Gasteiger partial charge in [-0.2, -0.15) is 0 Å². The van der Waals surface area contributed by atoms with Gasteiger partial charge in [-0.25, -0.2) is 0 Å². The van der Waals surface area contributed by atoms with Crippen molar-refractivity contribution < 1.29 is 9.47 Å². The van der Waals surface area contributed by atoms with E-state index in [-0.39, 0.29) is 0 Å². The number of ether oxygens (including phenoxy) is 2. The van der Waals surface area contributed by atoms with Crippen LogP contribution in [-0.2, 0) is 10.6 Å². The summed E-state index contributed by atoms with van der Waals surface area (Å²) in [4.78, 5) is 0. The van der Waals surface area contributed by atoms with Crippen LogP contribution in [0, 0.1) is 0 Å². The molecule has 0 spiro atoms. The van der Waals surface area contributed by atoms with Crippen LogP contribution in [0.25, 0.3) is 0 Å². The summed E-state index contributed by atoms with van der Waals surface area (Å²) in [5.41, 5.74) is 1.09. The summed E-state index contributed by atoms with van der Waals surface area (Å²) in [6.07, 6.45) is 4.99. The molecule has 1 aromatic rings. The second-order valence-corrected chi connectivity index (χ2v) is 5.65. The Balaban J connectivity index is 1.72. The number of hydrogen-bond donors (Lipinski definition) is 0. The van der Waals surface area contributed by atoms with Crippen LogP contribution in [0.2, 0.25) is 0 Å². The van der Waals surface area contributed by atoms with Crippen LogP contribution in [-0.4, -0.2) is 19.3 Å². The lowest BCUT2D eigenvalue weighted by Gasteiger charge is -2.11. The average Bonchev–Trinajstić information content (AvgIpc) is 2.89. The van der Waals surface area contributed by atoms with Crippen molar-refractivity contribution in [2.45, 2.75) is 37.7 Å². The summed E-state index contributed by atoms with van der Waals surface area (Å²) in [6.45, 7) is 1.66. The fourth-order valence-corrected chi connectivity index (χ4v) is 2.82. The molecule has 1 aromatic carbocycles. The number of hydrogen-bond acceptors (Lipinski definition) is 2. The van der Waals surface area contributed by atoms with Gasteiger partial charge in [0.15, 0.2) is 0 Å². The topological polar surface area (TPSA) is 18.5 Å². The van der Waals surface area contributed by atoms with Crippen LogP contribution in [0.4, 0.5) is 0 Å². The monoisotopic (exact) mass is 332 g/mol. The molecule has 4 heteroatoms. The SMILES string of the molecule is ClCc1ccc(OCCCC2CCCO2)c(Br)c1. The minimum atomic E-state index is 0.454. The van der Waals surface area contributed by atoms with Crippen LogP contribution in [0.15, 0.2) is 22.7 Å². The van der Waals surface area contributed by atoms with Gasteiger partial charge in [-0.15, -0.1) is 11.6 Å². The van der Waals surface area contributed by atoms with E-state index in [9.17, 15) is 0 Å². The molecule has 0 N–H and O–H groups in total. The maximum Gasteiger partial charge on any atom is 0.133 e. The molecule has 1 aliphatic rings. The Morgan fingerprint density at radius 2 is 2.33 bits per heavy atom. The molecule has 2 nitrogen and oxygen atoms in total. The molecule has 0 saturated carbocycles. The summed E-state index contributed by atoms with van der Waals surface area (Å²) in [6, 6.07) is 5.96. The van der Waals surface area contributed by atoms with E-state index < -0.39 is 0 Å². The molecule has 0 amide bonds. The van der Waals surface area contributed by atoms with Crippen LogP contribution in [0.1, 0.15) is 31.2 Å². The van der Waals surface area contributed by atoms with Gasteiger partial charge in [0.2, 0.25) is 0 Å². The molecule has 1 heterocycles. The van der Waals surface area contributed by atoms with E-state index in [4.69, 9.17) is 21.1 Å². The maximum atomic E-state index is 5.78. The highest BCUT2D eigenvalue weighted by Gasteiger charge is 2.14. The molecule has 2 rings (SSSR count). The predicted octanol–water partition coefficient (Wildman–Crippen LogP) is 4.53. The molecule has 0 aromatic heterocycles. The van der Waals surface area contributed by atoms with E-state index >= 15 is 0 Å². The van der Waals surface area contributed by atoms with Gasteiger partial charge >= 0.3 is 0 Å². The lowest BCUT2D eigenvalue weighted by Crippen LogP contribution is -2.07. The third-order valence-corrected chi connectivity index (χ3v) is 4.03. The Labute approximate surface area is 122 Å². The minimum Gasteiger partial charge on any atom is -0.492 e. The highest BCUT2D eigenvalue weighted by molar-refractivity contribution is 9.10. The van der Waals surface area contributed by atoms with E-state index in [1.165, 1.54) is 12.8 Å². The quantitative estimate of drug-likeness (QED) is 0.562. The van der Waals surface area contributed by atoms with E-state index in [0.29, 0.717) is 12.0 Å². The summed E-state index contributed by atoms with van der Waals surface area (Å²) >= 11 is 9.27. The Kier molecular flexibility index (Phi) is 5.80. The third kappa shape index (κ3) is 4.15. The normalized spacial score (nSPS) is 19.1. The van der Waals surface area contributed by atoms with E-state index in [0.717, 1.165) is 41.8 Å². The largest absolute Gasteiger partial charge is 0.492 e. The van der Waals surface area contributed by atoms with Gasteiger partial charge in [0.05, 0.1) is 17.2 Å². The van der Waals surface area contributed by atoms with Crippen molar-refractivity contribution in [3.63, 3.8) is 0 Å². The lowest BCUT2D eigenvalue weighted by atomic mass is 10.1. The Bertz CT molecular complexity index is 378. The zero-order valence-corrected chi connectivity index (χ0v) is 12.7. The number of benzene rings is 1. The molecular weight excluding hydrogens is 316 g/mol. The third-order valence-electron chi connectivity index (χ3n) is 3.10. The van der Waals surface area contributed by atoms with Crippen molar-refractivity contribution in [1.29, 1.82) is 0 Å². The van der Waals surface area contributed by atoms with Crippen molar-refractivity contribution >= 4 is 27.5 Å². The van der Waals surface area contributed by atoms with Crippen LogP contribution in [0.5, 0.6) is 5.75 Å². The van der Waals surface area contributed by atoms with Crippen molar-refractivity contribution in [3.8, 4) is 5.75 Å². The van der Waals surface area contributed by atoms with Crippen molar-refractivity contribution in [3.05, 3.63) is 28.2 Å². The molecule has 1 fully saturated rings. The summed E-state index contributed by atoms with van der Waals surface area (Å²) in [7, 11) is 0. The first-order valence-corrected chi connectivity index (χ1v) is 7.71. The summed E-state index contributed by atoms with van der Waals surface area (Å²) < 4.78 is 12.3. The second kappa shape index (κ2) is 7.37. The molecular formula is C14H18BrClO2. The molecule has 1 unspecified atom stereocenters. The van der Waals surface area contributed by atoms with Gasteiger partial charge in [0, 0.05) is 12.5 Å². The lowest BCUT2D eigenvalue weighted by molar-refractivity contribution is 0.0981. The molecule has 18 heavy (non-hydrogen) atoms. The smallest absolute Gasteiger partial charge is 0.133 e. The highest BCUT2D eigenvalue weighted by atomic mass is 79.9. The van der Waals surface area contributed by atoms with Crippen LogP contribution >= 0.6 is 27.5 Å². The molecule has 0 radical (unpaired) electrons. The number of alkyl halides is 1. The molecule has 1 aliphatic heterocycles. The maximum absolute atomic E-state index is 5.78. The van der Waals surface area contributed by atoms with Gasteiger partial charge < -0.3 is 9.47 Å². The zero-order chi connectivity index (χ0) is 12.8. The second-order valence-electron chi connectivity index (χ2n) is 4.52. The van der Waals surface area contributed by atoms with Crippen molar-refractivity contribution in [2.75, 3.05) is 13.2 Å². The van der Waals surface area contributed by atoms with Crippen LogP contribution in [0.3, 0.4) is 0 Å². The molecule has 0 aliphatic carbocycles. The predicted molar refractivity (Wildman–Crippen MR) is 77.4 cm³/mol. The van der Waals surface area contributed by atoms with Crippen molar-refractivity contribution in [2.24, 2.45) is 0 Å². The zero-order valence-electron chi connectivity index (χ0n) is 10.3. The van der Waals surface area contributed by atoms with Gasteiger partial charge in [-0.1, -0.05) is 6.07 Å². The van der Waals surface area contributed by atoms with Crippen LogP contribution < -0.4 is 4.74 Å². The Hall–Kier alpha value is -0.250. The highest BCUT2D eigenvalue weighted by Crippen LogP contribution is 2.27. The standard InChI is InChI=1S/C14H18BrClO2/c15-13-9-11(10-16)5-6-14(13)18-8-2-4-12-3-1-7-17-12/h5-6,9,12H,1-4,7-8,10H2. The average molecular weight is 334 g/mol. The Morgan fingerprint density at radius 1 is 1.44 bits per heavy atom. The fourth-order valence-electron chi connectivity index (χ4n) is 2.11. The summed E-state index contributed by atoms with van der Waals surface area (Å²) in [5.74, 6) is 1.41. The van der Waals surface area contributed by atoms with Gasteiger partial charge in [0.1, 0.15) is 5.75 Å². The first-order valence-electron chi connectivity index (χ1n) is 6.38. The van der Waals surface area contributed by atoms with E-state index in [1.54, 1.807) is 0 Å². The van der Waals surface area contributed by atoms with Gasteiger partial charge in [0.25, 0.3) is 0 Å². The number of halogens is 2. The van der Waals surface area contributed by atoms with Gasteiger partial charge in [-0.3, -0.25) is 0 Å². The van der Waals surface area contributed by atoms with Crippen molar-refractivity contribution in [1.82, 2.24) is 0 Å². The van der Waals surface area contributed by atoms with Gasteiger partial charge in [-0.05, 0) is 59.3 Å². The molecule has 1 atom stereocenters. The number of rotatable bonds is 6. The first kappa shape index (κ1) is 14.2.